The number of aliphatic carboxylic acids is 1. The van der Waals surface area contributed by atoms with Gasteiger partial charge in [-0.2, -0.15) is 4.37 Å². The standard InChI is InChI=1S/C49H52ClN7O6S/c1-5-34(32(3)61-30-37-18-19-51-47(54-37)36-14-17-42(52-27-36)62-29-33-10-7-6-8-11-33)26-40(49(58)59)63-48-44-41(64-55-48)28-53-46(35-12-9-13-35)43(44)38-15-16-39(45(50)31(38)2)60-25-24-57-22-20-56(4)21-23-57/h5-8,10-11,14-19,27-28,35,40H,1,9,12-13,20-26,29-30H2,2-4H3,(H,58,59)/b34-32-/t40-/m1/s1. The summed E-state index contributed by atoms with van der Waals surface area (Å²) in [6.45, 7) is 13.7. The predicted molar refractivity (Wildman–Crippen MR) is 249 cm³/mol. The molecule has 2 fully saturated rings. The van der Waals surface area contributed by atoms with Gasteiger partial charge in [0, 0.05) is 80.8 Å². The zero-order chi connectivity index (χ0) is 44.6. The molecule has 2 aliphatic rings. The Morgan fingerprint density at radius 3 is 2.53 bits per heavy atom. The molecule has 6 aromatic rings. The van der Waals surface area contributed by atoms with E-state index in [-0.39, 0.29) is 24.8 Å². The molecule has 1 N–H and O–H groups in total. The molecule has 5 heterocycles. The fourth-order valence-corrected chi connectivity index (χ4v) is 8.69. The highest BCUT2D eigenvalue weighted by molar-refractivity contribution is 7.13. The zero-order valence-electron chi connectivity index (χ0n) is 36.3. The van der Waals surface area contributed by atoms with Gasteiger partial charge in [0.05, 0.1) is 32.3 Å². The van der Waals surface area contributed by atoms with Crippen molar-refractivity contribution < 1.29 is 28.8 Å². The molecule has 64 heavy (non-hydrogen) atoms. The molecule has 332 valence electrons. The minimum atomic E-state index is -1.30. The van der Waals surface area contributed by atoms with Crippen LogP contribution in [0.5, 0.6) is 17.5 Å². The zero-order valence-corrected chi connectivity index (χ0v) is 37.9. The summed E-state index contributed by atoms with van der Waals surface area (Å²) in [5.74, 6) is 1.43. The summed E-state index contributed by atoms with van der Waals surface area (Å²) >= 11 is 8.29. The molecule has 1 saturated carbocycles. The number of allylic oxidation sites excluding steroid dienone is 2. The van der Waals surface area contributed by atoms with Crippen LogP contribution in [0.25, 0.3) is 32.6 Å². The molecule has 13 nitrogen and oxygen atoms in total. The fraction of sp³-hybridized carbons (Fsp3) is 0.347. The Morgan fingerprint density at radius 1 is 1.00 bits per heavy atom. The van der Waals surface area contributed by atoms with Crippen molar-refractivity contribution in [1.29, 1.82) is 0 Å². The molecule has 1 aliphatic heterocycles. The van der Waals surface area contributed by atoms with Crippen LogP contribution in [0, 0.1) is 6.92 Å². The highest BCUT2D eigenvalue weighted by atomic mass is 35.5. The lowest BCUT2D eigenvalue weighted by Crippen LogP contribution is -2.45. The Labute approximate surface area is 382 Å². The number of fused-ring (bicyclic) bond motifs is 1. The maximum Gasteiger partial charge on any atom is 0.345 e. The lowest BCUT2D eigenvalue weighted by atomic mass is 9.79. The first-order valence-electron chi connectivity index (χ1n) is 21.6. The van der Waals surface area contributed by atoms with Crippen LogP contribution in [-0.4, -0.2) is 97.7 Å². The first-order chi connectivity index (χ1) is 31.1. The first kappa shape index (κ1) is 44.7. The molecule has 0 unspecified atom stereocenters. The first-order valence-corrected chi connectivity index (χ1v) is 22.7. The van der Waals surface area contributed by atoms with E-state index in [9.17, 15) is 9.90 Å². The minimum Gasteiger partial charge on any atom is -0.492 e. The van der Waals surface area contributed by atoms with Gasteiger partial charge in [-0.3, -0.25) is 9.88 Å². The van der Waals surface area contributed by atoms with E-state index in [0.717, 1.165) is 95.6 Å². The van der Waals surface area contributed by atoms with Crippen molar-refractivity contribution in [2.45, 2.75) is 64.8 Å². The van der Waals surface area contributed by atoms with Crippen molar-refractivity contribution in [1.82, 2.24) is 34.1 Å². The average Bonchev–Trinajstić information content (AvgIpc) is 3.71. The number of pyridine rings is 2. The number of ether oxygens (including phenoxy) is 4. The molecule has 0 amide bonds. The van der Waals surface area contributed by atoms with Crippen LogP contribution < -0.4 is 14.2 Å². The lowest BCUT2D eigenvalue weighted by Gasteiger charge is -2.32. The number of rotatable bonds is 19. The number of nitrogens with zero attached hydrogens (tertiary/aromatic N) is 7. The van der Waals surface area contributed by atoms with Gasteiger partial charge >= 0.3 is 5.97 Å². The topological polar surface area (TPSA) is 145 Å². The largest absolute Gasteiger partial charge is 0.492 e. The Morgan fingerprint density at radius 2 is 1.81 bits per heavy atom. The second kappa shape index (κ2) is 20.7. The molecule has 1 aliphatic carbocycles. The van der Waals surface area contributed by atoms with Crippen LogP contribution in [0.3, 0.4) is 0 Å². The SMILES string of the molecule is C=C/C(C[C@@H](Oc1nsc2cnc(C3CCC3)c(-c3ccc(OCCN4CCN(C)CC4)c(Cl)c3C)c12)C(=O)O)=C(\C)OCc1ccnc(-c2ccc(OCc3ccccc3)nc2)n1. The molecule has 4 aromatic heterocycles. The van der Waals surface area contributed by atoms with Gasteiger partial charge in [0.2, 0.25) is 17.9 Å². The van der Waals surface area contributed by atoms with Crippen LogP contribution in [0.4, 0.5) is 0 Å². The van der Waals surface area contributed by atoms with E-state index in [2.05, 4.69) is 42.8 Å². The number of benzene rings is 2. The van der Waals surface area contributed by atoms with Gasteiger partial charge in [-0.1, -0.05) is 67.1 Å². The van der Waals surface area contributed by atoms with Gasteiger partial charge in [0.25, 0.3) is 0 Å². The molecule has 0 radical (unpaired) electrons. The molecular formula is C49H52ClN7O6S. The second-order valence-corrected chi connectivity index (χ2v) is 17.4. The van der Waals surface area contributed by atoms with E-state index in [4.69, 9.17) is 35.5 Å². The van der Waals surface area contributed by atoms with Gasteiger partial charge in [0.15, 0.2) is 5.82 Å². The molecule has 0 bridgehead atoms. The molecule has 15 heteroatoms. The number of halogens is 1. The van der Waals surface area contributed by atoms with Crippen LogP contribution in [0.15, 0.2) is 103 Å². The van der Waals surface area contributed by atoms with E-state index in [1.165, 1.54) is 11.5 Å². The van der Waals surface area contributed by atoms with Gasteiger partial charge in [-0.05, 0) is 85.7 Å². The second-order valence-electron chi connectivity index (χ2n) is 16.2. The van der Waals surface area contributed by atoms with E-state index >= 15 is 0 Å². The number of carboxylic acids is 1. The summed E-state index contributed by atoms with van der Waals surface area (Å²) in [5, 5.41) is 11.8. The van der Waals surface area contributed by atoms with Gasteiger partial charge in [-0.25, -0.2) is 19.7 Å². The van der Waals surface area contributed by atoms with Crippen molar-refractivity contribution in [3.8, 4) is 40.0 Å². The van der Waals surface area contributed by atoms with Crippen molar-refractivity contribution in [2.75, 3.05) is 46.4 Å². The van der Waals surface area contributed by atoms with E-state index in [0.29, 0.717) is 52.7 Å². The quantitative estimate of drug-likeness (QED) is 0.0609. The number of piperazine rings is 1. The molecular weight excluding hydrogens is 850 g/mol. The van der Waals surface area contributed by atoms with Gasteiger partial charge < -0.3 is 29.0 Å². The summed E-state index contributed by atoms with van der Waals surface area (Å²) in [5.41, 5.74) is 6.50. The maximum absolute atomic E-state index is 12.9. The normalized spacial score (nSPS) is 15.6. The average molecular weight is 903 g/mol. The predicted octanol–water partition coefficient (Wildman–Crippen LogP) is 9.54. The van der Waals surface area contributed by atoms with Crippen molar-refractivity contribution >= 4 is 39.2 Å². The Balaban J connectivity index is 0.974. The number of hydrogen-bond donors (Lipinski definition) is 1. The van der Waals surface area contributed by atoms with Crippen molar-refractivity contribution in [2.24, 2.45) is 0 Å². The number of carbonyl (C=O) groups is 1. The summed E-state index contributed by atoms with van der Waals surface area (Å²) in [4.78, 5) is 36.2. The molecule has 1 atom stereocenters. The Hall–Kier alpha value is -5.93. The number of likely N-dealkylation sites (N-methyl/N-ethyl adjacent to an activating group) is 1. The monoisotopic (exact) mass is 901 g/mol. The van der Waals surface area contributed by atoms with Crippen LogP contribution in [-0.2, 0) is 22.7 Å². The number of hydrogen-bond acceptors (Lipinski definition) is 13. The lowest BCUT2D eigenvalue weighted by molar-refractivity contribution is -0.145. The smallest absolute Gasteiger partial charge is 0.345 e. The minimum absolute atomic E-state index is 0.0238. The maximum atomic E-state index is 12.9. The van der Waals surface area contributed by atoms with Crippen molar-refractivity contribution in [3.05, 3.63) is 131 Å². The fourth-order valence-electron chi connectivity index (χ4n) is 7.77. The van der Waals surface area contributed by atoms with E-state index in [1.54, 1.807) is 37.5 Å². The molecule has 0 spiro atoms. The highest BCUT2D eigenvalue weighted by Gasteiger charge is 2.31. The van der Waals surface area contributed by atoms with E-state index < -0.39 is 12.1 Å². The van der Waals surface area contributed by atoms with Gasteiger partial charge in [0.1, 0.15) is 25.6 Å². The molecule has 2 aromatic carbocycles. The van der Waals surface area contributed by atoms with Crippen LogP contribution >= 0.6 is 23.1 Å². The summed E-state index contributed by atoms with van der Waals surface area (Å²) in [7, 11) is 2.15. The van der Waals surface area contributed by atoms with E-state index in [1.807, 2.05) is 61.7 Å². The third-order valence-electron chi connectivity index (χ3n) is 11.9. The van der Waals surface area contributed by atoms with Gasteiger partial charge in [-0.15, -0.1) is 0 Å². The molecule has 8 rings (SSSR count). The Bertz CT molecular complexity index is 2610. The highest BCUT2D eigenvalue weighted by Crippen LogP contribution is 2.48. The number of carboxylic acid groups (broad SMARTS) is 1. The third-order valence-corrected chi connectivity index (χ3v) is 13.1. The van der Waals surface area contributed by atoms with Crippen molar-refractivity contribution in [3.63, 3.8) is 0 Å². The summed E-state index contributed by atoms with van der Waals surface area (Å²) in [6, 6.07) is 19.2. The number of aromatic nitrogens is 5. The van der Waals surface area contributed by atoms with Crippen LogP contribution in [0.1, 0.15) is 61.0 Å². The summed E-state index contributed by atoms with van der Waals surface area (Å²) in [6.07, 6.45) is 8.55. The third kappa shape index (κ3) is 10.5. The summed E-state index contributed by atoms with van der Waals surface area (Å²) < 4.78 is 30.1. The van der Waals surface area contributed by atoms with Crippen LogP contribution in [0.2, 0.25) is 5.02 Å². The Kier molecular flexibility index (Phi) is 14.5. The molecule has 1 saturated heterocycles.